The van der Waals surface area contributed by atoms with E-state index in [1.807, 2.05) is 25.2 Å². The van der Waals surface area contributed by atoms with Gasteiger partial charge in [-0.1, -0.05) is 0 Å². The van der Waals surface area contributed by atoms with Crippen molar-refractivity contribution in [3.63, 3.8) is 0 Å². The van der Waals surface area contributed by atoms with Gasteiger partial charge in [0.25, 0.3) is 0 Å². The molecule has 0 aromatic carbocycles. The predicted octanol–water partition coefficient (Wildman–Crippen LogP) is 1.61. The second-order valence-corrected chi connectivity index (χ2v) is 6.49. The summed E-state index contributed by atoms with van der Waals surface area (Å²) in [6.07, 6.45) is 8.64. The van der Waals surface area contributed by atoms with E-state index in [0.29, 0.717) is 6.04 Å². The van der Waals surface area contributed by atoms with Crippen LogP contribution < -0.4 is 5.32 Å². The van der Waals surface area contributed by atoms with Crippen molar-refractivity contribution in [3.8, 4) is 0 Å². The summed E-state index contributed by atoms with van der Waals surface area (Å²) < 4.78 is 1.75. The van der Waals surface area contributed by atoms with E-state index >= 15 is 0 Å². The number of hydrogen-bond acceptors (Lipinski definition) is 4. The van der Waals surface area contributed by atoms with Gasteiger partial charge < -0.3 is 10.2 Å². The van der Waals surface area contributed by atoms with E-state index in [4.69, 9.17) is 0 Å². The molecule has 24 heavy (non-hydrogen) atoms. The number of carbonyl (C=O) groups excluding carboxylic acids is 1. The van der Waals surface area contributed by atoms with E-state index in [9.17, 15) is 4.79 Å². The third-order valence-electron chi connectivity index (χ3n) is 4.96. The number of likely N-dealkylation sites (tertiary alicyclic amines) is 2. The Morgan fingerprint density at radius 2 is 1.96 bits per heavy atom. The van der Waals surface area contributed by atoms with Gasteiger partial charge in [-0.25, -0.2) is 0 Å². The Labute approximate surface area is 156 Å². The fourth-order valence-corrected chi connectivity index (χ4v) is 3.76. The molecule has 0 aliphatic carbocycles. The standard InChI is InChI=1S/C16H27N5O.2ClH/c1-17-15(13-10-18-19(2)11-13)16(22)21-9-5-6-14(12-21)20-7-3-4-8-20;;/h10-11,14-15,17H,3-9,12H2,1-2H3;2*1H. The smallest absolute Gasteiger partial charge is 0.244 e. The summed E-state index contributed by atoms with van der Waals surface area (Å²) in [6.45, 7) is 4.15. The monoisotopic (exact) mass is 377 g/mol. The van der Waals surface area contributed by atoms with E-state index < -0.39 is 0 Å². The molecule has 1 amide bonds. The quantitative estimate of drug-likeness (QED) is 0.865. The average Bonchev–Trinajstić information content (AvgIpc) is 3.20. The molecule has 138 valence electrons. The number of nitrogens with zero attached hydrogens (tertiary/aromatic N) is 4. The SMILES string of the molecule is CNC(C(=O)N1CCCC(N2CCCC2)C1)c1cnn(C)c1.Cl.Cl. The first-order valence-electron chi connectivity index (χ1n) is 8.37. The normalized spacial score (nSPS) is 22.6. The van der Waals surface area contributed by atoms with Crippen LogP contribution in [0.25, 0.3) is 0 Å². The highest BCUT2D eigenvalue weighted by Crippen LogP contribution is 2.23. The van der Waals surface area contributed by atoms with Gasteiger partial charge in [-0.3, -0.25) is 14.4 Å². The lowest BCUT2D eigenvalue weighted by molar-refractivity contribution is -0.135. The predicted molar refractivity (Wildman–Crippen MR) is 99.9 cm³/mol. The molecule has 6 nitrogen and oxygen atoms in total. The molecule has 8 heteroatoms. The Hall–Kier alpha value is -0.820. The maximum atomic E-state index is 12.9. The zero-order valence-corrected chi connectivity index (χ0v) is 16.1. The van der Waals surface area contributed by atoms with Crippen LogP contribution in [0.1, 0.15) is 37.3 Å². The molecule has 3 heterocycles. The zero-order chi connectivity index (χ0) is 15.5. The summed E-state index contributed by atoms with van der Waals surface area (Å²) in [7, 11) is 3.72. The molecule has 1 N–H and O–H groups in total. The van der Waals surface area contributed by atoms with E-state index in [1.165, 1.54) is 32.4 Å². The fourth-order valence-electron chi connectivity index (χ4n) is 3.76. The number of nitrogens with one attached hydrogen (secondary N) is 1. The molecule has 0 saturated carbocycles. The van der Waals surface area contributed by atoms with Gasteiger partial charge in [0.1, 0.15) is 6.04 Å². The Morgan fingerprint density at radius 1 is 1.25 bits per heavy atom. The molecule has 2 saturated heterocycles. The van der Waals surface area contributed by atoms with Crippen molar-refractivity contribution in [3.05, 3.63) is 18.0 Å². The molecule has 1 aromatic heterocycles. The number of hydrogen-bond donors (Lipinski definition) is 1. The van der Waals surface area contributed by atoms with Crippen LogP contribution in [0.2, 0.25) is 0 Å². The number of carbonyl (C=O) groups is 1. The minimum absolute atomic E-state index is 0. The molecule has 0 bridgehead atoms. The lowest BCUT2D eigenvalue weighted by atomic mass is 10.0. The molecular formula is C16H29Cl2N5O. The summed E-state index contributed by atoms with van der Waals surface area (Å²) in [4.78, 5) is 17.5. The van der Waals surface area contributed by atoms with Crippen molar-refractivity contribution >= 4 is 30.7 Å². The second-order valence-electron chi connectivity index (χ2n) is 6.49. The van der Waals surface area contributed by atoms with Crippen LogP contribution in [-0.4, -0.2) is 64.8 Å². The highest BCUT2D eigenvalue weighted by molar-refractivity contribution is 5.85. The summed E-state index contributed by atoms with van der Waals surface area (Å²) in [6, 6.07) is 0.262. The van der Waals surface area contributed by atoms with Gasteiger partial charge in [0.2, 0.25) is 5.91 Å². The first kappa shape index (κ1) is 21.2. The summed E-state index contributed by atoms with van der Waals surface area (Å²) >= 11 is 0. The third kappa shape index (κ3) is 4.63. The van der Waals surface area contributed by atoms with Crippen molar-refractivity contribution < 1.29 is 4.79 Å². The van der Waals surface area contributed by atoms with Crippen molar-refractivity contribution in [1.82, 2.24) is 24.9 Å². The van der Waals surface area contributed by atoms with Gasteiger partial charge in [0, 0.05) is 37.9 Å². The molecule has 2 aliphatic heterocycles. The molecule has 2 aliphatic rings. The number of piperidine rings is 1. The minimum atomic E-state index is -0.286. The van der Waals surface area contributed by atoms with Crippen molar-refractivity contribution in [2.45, 2.75) is 37.8 Å². The second kappa shape index (κ2) is 9.61. The molecular weight excluding hydrogens is 349 g/mol. The number of rotatable bonds is 4. The van der Waals surface area contributed by atoms with E-state index in [0.717, 1.165) is 25.1 Å². The molecule has 2 atom stereocenters. The van der Waals surface area contributed by atoms with Gasteiger partial charge in [-0.15, -0.1) is 24.8 Å². The minimum Gasteiger partial charge on any atom is -0.339 e. The molecule has 1 aromatic rings. The molecule has 3 rings (SSSR count). The van der Waals surface area contributed by atoms with Gasteiger partial charge in [0.15, 0.2) is 0 Å². The summed E-state index contributed by atoms with van der Waals surface area (Å²) in [5.41, 5.74) is 0.943. The first-order valence-corrected chi connectivity index (χ1v) is 8.37. The van der Waals surface area contributed by atoms with Crippen LogP contribution in [0.15, 0.2) is 12.4 Å². The zero-order valence-electron chi connectivity index (χ0n) is 14.5. The topological polar surface area (TPSA) is 53.4 Å². The maximum Gasteiger partial charge on any atom is 0.244 e. The molecule has 0 radical (unpaired) electrons. The number of amides is 1. The van der Waals surface area contributed by atoms with Crippen molar-refractivity contribution in [2.75, 3.05) is 33.2 Å². The highest BCUT2D eigenvalue weighted by atomic mass is 35.5. The van der Waals surface area contributed by atoms with Crippen molar-refractivity contribution in [2.24, 2.45) is 7.05 Å². The Morgan fingerprint density at radius 3 is 2.54 bits per heavy atom. The van der Waals surface area contributed by atoms with Crippen LogP contribution >= 0.6 is 24.8 Å². The molecule has 2 fully saturated rings. The van der Waals surface area contributed by atoms with Gasteiger partial charge in [-0.2, -0.15) is 5.10 Å². The van der Waals surface area contributed by atoms with Crippen LogP contribution in [0.5, 0.6) is 0 Å². The van der Waals surface area contributed by atoms with E-state index in [-0.39, 0.29) is 36.8 Å². The third-order valence-corrected chi connectivity index (χ3v) is 4.96. The number of likely N-dealkylation sites (N-methyl/N-ethyl adjacent to an activating group) is 1. The maximum absolute atomic E-state index is 12.9. The van der Waals surface area contributed by atoms with E-state index in [1.54, 1.807) is 10.9 Å². The fraction of sp³-hybridized carbons (Fsp3) is 0.750. The van der Waals surface area contributed by atoms with Crippen LogP contribution in [-0.2, 0) is 11.8 Å². The van der Waals surface area contributed by atoms with Gasteiger partial charge in [-0.05, 0) is 45.8 Å². The molecule has 2 unspecified atom stereocenters. The highest BCUT2D eigenvalue weighted by Gasteiger charge is 2.32. The number of halogens is 2. The van der Waals surface area contributed by atoms with Crippen molar-refractivity contribution in [1.29, 1.82) is 0 Å². The number of aryl methyl sites for hydroxylation is 1. The average molecular weight is 378 g/mol. The summed E-state index contributed by atoms with van der Waals surface area (Å²) in [5, 5.41) is 7.34. The Balaban J connectivity index is 0.00000144. The summed E-state index contributed by atoms with van der Waals surface area (Å²) in [5.74, 6) is 0.180. The van der Waals surface area contributed by atoms with Gasteiger partial charge in [0.05, 0.1) is 6.20 Å². The van der Waals surface area contributed by atoms with Crippen LogP contribution in [0.3, 0.4) is 0 Å². The number of aromatic nitrogens is 2. The Kier molecular flexibility index (Phi) is 8.50. The lowest BCUT2D eigenvalue weighted by Crippen LogP contribution is -2.51. The van der Waals surface area contributed by atoms with Gasteiger partial charge >= 0.3 is 0 Å². The van der Waals surface area contributed by atoms with Crippen LogP contribution in [0, 0.1) is 0 Å². The lowest BCUT2D eigenvalue weighted by Gasteiger charge is -2.38. The van der Waals surface area contributed by atoms with E-state index in [2.05, 4.69) is 15.3 Å². The Bertz CT molecular complexity index is 518. The van der Waals surface area contributed by atoms with Crippen LogP contribution in [0.4, 0.5) is 0 Å². The first-order chi connectivity index (χ1) is 10.7. The largest absolute Gasteiger partial charge is 0.339 e. The molecule has 0 spiro atoms.